The quantitative estimate of drug-likeness (QED) is 0.832. The largest absolute Gasteiger partial charge is 0.355 e. The van der Waals surface area contributed by atoms with E-state index in [2.05, 4.69) is 5.32 Å². The lowest BCUT2D eigenvalue weighted by atomic mass is 10.4. The van der Waals surface area contributed by atoms with Crippen LogP contribution in [0.25, 0.3) is 0 Å². The van der Waals surface area contributed by atoms with Crippen molar-refractivity contribution in [3.8, 4) is 0 Å². The van der Waals surface area contributed by atoms with Crippen LogP contribution in [0.3, 0.4) is 0 Å². The highest BCUT2D eigenvalue weighted by Gasteiger charge is 2.22. The standard InChI is InChI=1S/C12H18N2O3S/c1-3-9-13-12(15)10-14(2)18(16,17)11-7-5-4-6-8-11/h4-8H,3,9-10H2,1-2H3,(H,13,15). The number of benzene rings is 1. The average molecular weight is 270 g/mol. The minimum Gasteiger partial charge on any atom is -0.355 e. The molecule has 0 fully saturated rings. The second-order valence-electron chi connectivity index (χ2n) is 3.92. The van der Waals surface area contributed by atoms with Crippen LogP contribution in [0.5, 0.6) is 0 Å². The molecule has 5 nitrogen and oxygen atoms in total. The first-order valence-electron chi connectivity index (χ1n) is 5.76. The van der Waals surface area contributed by atoms with Crippen LogP contribution in [0.2, 0.25) is 0 Å². The lowest BCUT2D eigenvalue weighted by Gasteiger charge is -2.16. The van der Waals surface area contributed by atoms with Crippen molar-refractivity contribution in [1.82, 2.24) is 9.62 Å². The Bertz CT molecular complexity index is 485. The van der Waals surface area contributed by atoms with Gasteiger partial charge in [-0.3, -0.25) is 4.79 Å². The van der Waals surface area contributed by atoms with Gasteiger partial charge in [0.2, 0.25) is 15.9 Å². The highest BCUT2D eigenvalue weighted by Crippen LogP contribution is 2.12. The molecule has 6 heteroatoms. The highest BCUT2D eigenvalue weighted by molar-refractivity contribution is 7.89. The van der Waals surface area contributed by atoms with Crippen molar-refractivity contribution in [2.75, 3.05) is 20.1 Å². The molecule has 1 aromatic rings. The predicted octanol–water partition coefficient (Wildman–Crippen LogP) is 0.833. The predicted molar refractivity (Wildman–Crippen MR) is 69.6 cm³/mol. The molecule has 0 radical (unpaired) electrons. The topological polar surface area (TPSA) is 66.5 Å². The molecule has 0 saturated carbocycles. The Hall–Kier alpha value is -1.40. The molecule has 1 aromatic carbocycles. The molecule has 0 saturated heterocycles. The van der Waals surface area contributed by atoms with Crippen LogP contribution in [0.15, 0.2) is 35.2 Å². The molecule has 1 N–H and O–H groups in total. The minimum atomic E-state index is -3.59. The lowest BCUT2D eigenvalue weighted by molar-refractivity contribution is -0.121. The van der Waals surface area contributed by atoms with E-state index in [0.717, 1.165) is 10.7 Å². The van der Waals surface area contributed by atoms with Gasteiger partial charge < -0.3 is 5.32 Å². The molecule has 0 aliphatic heterocycles. The maximum atomic E-state index is 12.1. The third-order valence-electron chi connectivity index (χ3n) is 2.39. The summed E-state index contributed by atoms with van der Waals surface area (Å²) in [4.78, 5) is 11.7. The van der Waals surface area contributed by atoms with Crippen molar-refractivity contribution >= 4 is 15.9 Å². The third kappa shape index (κ3) is 3.82. The summed E-state index contributed by atoms with van der Waals surface area (Å²) in [5, 5.41) is 2.64. The Kier molecular flexibility index (Phi) is 5.30. The number of nitrogens with zero attached hydrogens (tertiary/aromatic N) is 1. The van der Waals surface area contributed by atoms with Gasteiger partial charge in [0, 0.05) is 13.6 Å². The number of hydrogen-bond acceptors (Lipinski definition) is 3. The molecule has 0 aromatic heterocycles. The summed E-state index contributed by atoms with van der Waals surface area (Å²) in [6.45, 7) is 2.32. The van der Waals surface area contributed by atoms with Gasteiger partial charge in [-0.25, -0.2) is 8.42 Å². The van der Waals surface area contributed by atoms with Crippen molar-refractivity contribution in [3.05, 3.63) is 30.3 Å². The van der Waals surface area contributed by atoms with Gasteiger partial charge in [0.1, 0.15) is 0 Å². The first kappa shape index (κ1) is 14.7. The second-order valence-corrected chi connectivity index (χ2v) is 5.97. The zero-order valence-corrected chi connectivity index (χ0v) is 11.4. The molecular weight excluding hydrogens is 252 g/mol. The molecule has 0 aliphatic rings. The normalized spacial score (nSPS) is 11.5. The number of likely N-dealkylation sites (N-methyl/N-ethyl adjacent to an activating group) is 1. The number of amides is 1. The minimum absolute atomic E-state index is 0.169. The zero-order valence-electron chi connectivity index (χ0n) is 10.6. The molecule has 1 amide bonds. The second kappa shape index (κ2) is 6.51. The highest BCUT2D eigenvalue weighted by atomic mass is 32.2. The van der Waals surface area contributed by atoms with Crippen LogP contribution in [0.4, 0.5) is 0 Å². The number of hydrogen-bond donors (Lipinski definition) is 1. The van der Waals surface area contributed by atoms with Gasteiger partial charge in [0.05, 0.1) is 11.4 Å². The maximum absolute atomic E-state index is 12.1. The van der Waals surface area contributed by atoms with Crippen molar-refractivity contribution in [2.24, 2.45) is 0 Å². The zero-order chi connectivity index (χ0) is 13.6. The van der Waals surface area contributed by atoms with Crippen LogP contribution in [0, 0.1) is 0 Å². The van der Waals surface area contributed by atoms with Crippen molar-refractivity contribution in [1.29, 1.82) is 0 Å². The van der Waals surface area contributed by atoms with Gasteiger partial charge in [-0.2, -0.15) is 4.31 Å². The Balaban J connectivity index is 2.72. The van der Waals surface area contributed by atoms with Gasteiger partial charge in [-0.1, -0.05) is 25.1 Å². The van der Waals surface area contributed by atoms with E-state index in [1.807, 2.05) is 6.92 Å². The van der Waals surface area contributed by atoms with E-state index < -0.39 is 10.0 Å². The van der Waals surface area contributed by atoms with Gasteiger partial charge in [-0.15, -0.1) is 0 Å². The van der Waals surface area contributed by atoms with E-state index in [1.54, 1.807) is 18.2 Å². The summed E-state index contributed by atoms with van der Waals surface area (Å²) < 4.78 is 25.2. The van der Waals surface area contributed by atoms with Crippen molar-refractivity contribution in [2.45, 2.75) is 18.2 Å². The van der Waals surface area contributed by atoms with Crippen LogP contribution < -0.4 is 5.32 Å². The van der Waals surface area contributed by atoms with E-state index in [0.29, 0.717) is 6.54 Å². The summed E-state index contributed by atoms with van der Waals surface area (Å²) in [6.07, 6.45) is 0.820. The Labute approximate surface area is 108 Å². The molecule has 0 aliphatic carbocycles. The van der Waals surface area contributed by atoms with Gasteiger partial charge in [0.15, 0.2) is 0 Å². The first-order chi connectivity index (χ1) is 8.48. The summed E-state index contributed by atoms with van der Waals surface area (Å²) in [7, 11) is -2.19. The molecular formula is C12H18N2O3S. The van der Waals surface area contributed by atoms with E-state index >= 15 is 0 Å². The van der Waals surface area contributed by atoms with Crippen molar-refractivity contribution < 1.29 is 13.2 Å². The number of nitrogens with one attached hydrogen (secondary N) is 1. The fraction of sp³-hybridized carbons (Fsp3) is 0.417. The fourth-order valence-corrected chi connectivity index (χ4v) is 2.53. The van der Waals surface area contributed by atoms with Gasteiger partial charge in [-0.05, 0) is 18.6 Å². The molecule has 18 heavy (non-hydrogen) atoms. The van der Waals surface area contributed by atoms with Gasteiger partial charge in [0.25, 0.3) is 0 Å². The number of carbonyl (C=O) groups is 1. The average Bonchev–Trinajstić information content (AvgIpc) is 2.37. The molecule has 0 spiro atoms. The molecule has 0 atom stereocenters. The molecule has 0 heterocycles. The smallest absolute Gasteiger partial charge is 0.243 e. The van der Waals surface area contributed by atoms with E-state index in [4.69, 9.17) is 0 Å². The van der Waals surface area contributed by atoms with Crippen LogP contribution in [-0.4, -0.2) is 38.8 Å². The number of sulfonamides is 1. The summed E-state index contributed by atoms with van der Waals surface area (Å²) >= 11 is 0. The van der Waals surface area contributed by atoms with E-state index in [-0.39, 0.29) is 17.3 Å². The summed E-state index contributed by atoms with van der Waals surface area (Å²) in [5.74, 6) is -0.293. The molecule has 0 bridgehead atoms. The van der Waals surface area contributed by atoms with Crippen LogP contribution >= 0.6 is 0 Å². The summed E-state index contributed by atoms with van der Waals surface area (Å²) in [6, 6.07) is 8.06. The monoisotopic (exact) mass is 270 g/mol. The third-order valence-corrected chi connectivity index (χ3v) is 4.21. The Morgan fingerprint density at radius 3 is 2.44 bits per heavy atom. The number of rotatable bonds is 6. The van der Waals surface area contributed by atoms with E-state index in [1.165, 1.54) is 19.2 Å². The number of carbonyl (C=O) groups excluding carboxylic acids is 1. The van der Waals surface area contributed by atoms with E-state index in [9.17, 15) is 13.2 Å². The fourth-order valence-electron chi connectivity index (χ4n) is 1.38. The molecule has 1 rings (SSSR count). The molecule has 100 valence electrons. The van der Waals surface area contributed by atoms with Gasteiger partial charge >= 0.3 is 0 Å². The van der Waals surface area contributed by atoms with Crippen molar-refractivity contribution in [3.63, 3.8) is 0 Å². The molecule has 0 unspecified atom stereocenters. The maximum Gasteiger partial charge on any atom is 0.243 e. The Morgan fingerprint density at radius 2 is 1.89 bits per heavy atom. The lowest BCUT2D eigenvalue weighted by Crippen LogP contribution is -2.38. The summed E-state index contributed by atoms with van der Waals surface area (Å²) in [5.41, 5.74) is 0. The van der Waals surface area contributed by atoms with Crippen LogP contribution in [0.1, 0.15) is 13.3 Å². The first-order valence-corrected chi connectivity index (χ1v) is 7.20. The SMILES string of the molecule is CCCNC(=O)CN(C)S(=O)(=O)c1ccccc1. The van der Waals surface area contributed by atoms with Crippen LogP contribution in [-0.2, 0) is 14.8 Å². The Morgan fingerprint density at radius 1 is 1.28 bits per heavy atom.